The van der Waals surface area contributed by atoms with Crippen molar-refractivity contribution in [1.82, 2.24) is 9.97 Å². The number of thioether (sulfide) groups is 2. The molecule has 2 aromatic rings. The zero-order valence-electron chi connectivity index (χ0n) is 13.7. The molecule has 2 heterocycles. The van der Waals surface area contributed by atoms with E-state index in [0.29, 0.717) is 0 Å². The van der Waals surface area contributed by atoms with Crippen molar-refractivity contribution in [3.8, 4) is 0 Å². The third kappa shape index (κ3) is 3.24. The zero-order chi connectivity index (χ0) is 16.4. The first-order valence-electron chi connectivity index (χ1n) is 7.70. The quantitative estimate of drug-likeness (QED) is 0.685. The standard InChI is InChI=1S/C19H20N2S2/c1-5-16(22-6-2)18-19(17-8-7-9-23-17)21-15-11-13(4)12(3)10-14(15)20-18/h5-6,8,10-11H,2,7,9H2,1,3-4H3/b16-5-. The van der Waals surface area contributed by atoms with Crippen LogP contribution in [0.3, 0.4) is 0 Å². The molecule has 0 saturated carbocycles. The van der Waals surface area contributed by atoms with Gasteiger partial charge in [-0.2, -0.15) is 0 Å². The van der Waals surface area contributed by atoms with Crippen LogP contribution in [0.15, 0.2) is 36.3 Å². The summed E-state index contributed by atoms with van der Waals surface area (Å²) in [6.07, 6.45) is 5.47. The van der Waals surface area contributed by atoms with Crippen LogP contribution in [0.1, 0.15) is 35.9 Å². The molecule has 0 N–H and O–H groups in total. The lowest BCUT2D eigenvalue weighted by molar-refractivity contribution is 1.21. The monoisotopic (exact) mass is 340 g/mol. The van der Waals surface area contributed by atoms with Gasteiger partial charge in [0.05, 0.1) is 11.0 Å². The van der Waals surface area contributed by atoms with E-state index in [1.165, 1.54) is 16.0 Å². The third-order valence-electron chi connectivity index (χ3n) is 3.92. The van der Waals surface area contributed by atoms with Gasteiger partial charge in [0.25, 0.3) is 0 Å². The number of hydrogen-bond donors (Lipinski definition) is 0. The second-order valence-electron chi connectivity index (χ2n) is 5.49. The molecule has 0 amide bonds. The van der Waals surface area contributed by atoms with Crippen LogP contribution in [0.5, 0.6) is 0 Å². The van der Waals surface area contributed by atoms with Crippen molar-refractivity contribution >= 4 is 44.4 Å². The van der Waals surface area contributed by atoms with Crippen molar-refractivity contribution in [3.63, 3.8) is 0 Å². The van der Waals surface area contributed by atoms with E-state index in [1.807, 2.05) is 24.1 Å². The van der Waals surface area contributed by atoms with Crippen LogP contribution in [0.4, 0.5) is 0 Å². The minimum Gasteiger partial charge on any atom is -0.243 e. The Balaban J connectivity index is 2.27. The van der Waals surface area contributed by atoms with Crippen molar-refractivity contribution in [1.29, 1.82) is 0 Å². The average Bonchev–Trinajstić information content (AvgIpc) is 3.07. The van der Waals surface area contributed by atoms with Gasteiger partial charge in [0, 0.05) is 15.6 Å². The van der Waals surface area contributed by atoms with Crippen LogP contribution < -0.4 is 0 Å². The van der Waals surface area contributed by atoms with E-state index in [9.17, 15) is 0 Å². The summed E-state index contributed by atoms with van der Waals surface area (Å²) in [6, 6.07) is 4.27. The minimum absolute atomic E-state index is 0.958. The van der Waals surface area contributed by atoms with Gasteiger partial charge < -0.3 is 0 Å². The molecule has 2 nitrogen and oxygen atoms in total. The highest BCUT2D eigenvalue weighted by molar-refractivity contribution is 8.11. The van der Waals surface area contributed by atoms with Gasteiger partial charge >= 0.3 is 0 Å². The number of nitrogens with zero attached hydrogens (tertiary/aromatic N) is 2. The predicted octanol–water partition coefficient (Wildman–Crippen LogP) is 5.96. The lowest BCUT2D eigenvalue weighted by Crippen LogP contribution is -2.00. The molecule has 1 aliphatic rings. The van der Waals surface area contributed by atoms with Crippen LogP contribution >= 0.6 is 23.5 Å². The third-order valence-corrected chi connectivity index (χ3v) is 5.88. The highest BCUT2D eigenvalue weighted by Crippen LogP contribution is 2.39. The largest absolute Gasteiger partial charge is 0.243 e. The molecule has 3 rings (SSSR count). The molecule has 0 radical (unpaired) electrons. The molecule has 0 spiro atoms. The van der Waals surface area contributed by atoms with Crippen molar-refractivity contribution in [2.45, 2.75) is 27.2 Å². The van der Waals surface area contributed by atoms with Gasteiger partial charge in [-0.15, -0.1) is 11.8 Å². The normalized spacial score (nSPS) is 15.1. The molecule has 0 atom stereocenters. The second kappa shape index (κ2) is 6.93. The molecule has 118 valence electrons. The number of fused-ring (bicyclic) bond motifs is 1. The molecule has 0 aliphatic carbocycles. The van der Waals surface area contributed by atoms with Gasteiger partial charge in [-0.05, 0) is 55.9 Å². The van der Waals surface area contributed by atoms with Gasteiger partial charge in [0.15, 0.2) is 0 Å². The Bertz CT molecular complexity index is 835. The molecule has 1 aromatic heterocycles. The Labute approximate surface area is 146 Å². The second-order valence-corrected chi connectivity index (χ2v) is 7.63. The Morgan fingerprint density at radius 2 is 1.91 bits per heavy atom. The minimum atomic E-state index is 0.958. The molecular weight excluding hydrogens is 320 g/mol. The fraction of sp³-hybridized carbons (Fsp3) is 0.263. The smallest absolute Gasteiger partial charge is 0.104 e. The fourth-order valence-electron chi connectivity index (χ4n) is 2.59. The van der Waals surface area contributed by atoms with E-state index < -0.39 is 0 Å². The van der Waals surface area contributed by atoms with Crippen molar-refractivity contribution in [2.75, 3.05) is 5.75 Å². The van der Waals surface area contributed by atoms with E-state index in [4.69, 9.17) is 9.97 Å². The first kappa shape index (κ1) is 16.3. The number of hydrogen-bond acceptors (Lipinski definition) is 4. The first-order valence-corrected chi connectivity index (χ1v) is 9.57. The summed E-state index contributed by atoms with van der Waals surface area (Å²) >= 11 is 3.47. The highest BCUT2D eigenvalue weighted by Gasteiger charge is 2.19. The number of allylic oxidation sites excluding steroid dienone is 2. The van der Waals surface area contributed by atoms with E-state index in [2.05, 4.69) is 44.7 Å². The summed E-state index contributed by atoms with van der Waals surface area (Å²) < 4.78 is 0. The fourth-order valence-corrected chi connectivity index (χ4v) is 4.13. The van der Waals surface area contributed by atoms with Crippen molar-refractivity contribution < 1.29 is 0 Å². The number of rotatable bonds is 4. The van der Waals surface area contributed by atoms with Crippen LogP contribution in [-0.2, 0) is 0 Å². The Morgan fingerprint density at radius 1 is 1.22 bits per heavy atom. The molecule has 0 unspecified atom stereocenters. The van der Waals surface area contributed by atoms with E-state index in [1.54, 1.807) is 11.8 Å². The maximum Gasteiger partial charge on any atom is 0.104 e. The molecule has 0 bridgehead atoms. The molecule has 4 heteroatoms. The summed E-state index contributed by atoms with van der Waals surface area (Å²) in [5, 5.41) is 1.85. The predicted molar refractivity (Wildman–Crippen MR) is 106 cm³/mol. The number of aromatic nitrogens is 2. The number of benzene rings is 1. The van der Waals surface area contributed by atoms with Crippen molar-refractivity contribution in [2.24, 2.45) is 0 Å². The SMILES string of the molecule is C=CS/C(=C\C)c1nc2cc(C)c(C)cc2nc1C1=CCCS1. The average molecular weight is 341 g/mol. The Hall–Kier alpha value is -1.52. The topological polar surface area (TPSA) is 25.8 Å². The van der Waals surface area contributed by atoms with Crippen molar-refractivity contribution in [3.05, 3.63) is 58.8 Å². The van der Waals surface area contributed by atoms with Crippen LogP contribution in [0.25, 0.3) is 20.8 Å². The summed E-state index contributed by atoms with van der Waals surface area (Å²) in [6.45, 7) is 10.1. The van der Waals surface area contributed by atoms with Gasteiger partial charge in [-0.3, -0.25) is 0 Å². The van der Waals surface area contributed by atoms with E-state index in [-0.39, 0.29) is 0 Å². The van der Waals surface area contributed by atoms with Crippen LogP contribution in [-0.4, -0.2) is 15.7 Å². The maximum absolute atomic E-state index is 4.97. The number of aryl methyl sites for hydroxylation is 2. The maximum atomic E-state index is 4.97. The van der Waals surface area contributed by atoms with Gasteiger partial charge in [0.1, 0.15) is 11.4 Å². The summed E-state index contributed by atoms with van der Waals surface area (Å²) in [5.41, 5.74) is 6.40. The highest BCUT2D eigenvalue weighted by atomic mass is 32.2. The Kier molecular flexibility index (Phi) is 4.93. The Morgan fingerprint density at radius 3 is 2.48 bits per heavy atom. The summed E-state index contributed by atoms with van der Waals surface area (Å²) in [7, 11) is 0. The van der Waals surface area contributed by atoms with E-state index in [0.717, 1.165) is 39.5 Å². The lowest BCUT2D eigenvalue weighted by Gasteiger charge is -2.13. The summed E-state index contributed by atoms with van der Waals surface area (Å²) in [5.74, 6) is 1.13. The summed E-state index contributed by atoms with van der Waals surface area (Å²) in [4.78, 5) is 12.3. The lowest BCUT2D eigenvalue weighted by atomic mass is 10.1. The molecule has 1 aliphatic heterocycles. The van der Waals surface area contributed by atoms with Gasteiger partial charge in [-0.25, -0.2) is 9.97 Å². The molecular formula is C19H20N2S2. The zero-order valence-corrected chi connectivity index (χ0v) is 15.4. The first-order chi connectivity index (χ1) is 11.1. The van der Waals surface area contributed by atoms with Gasteiger partial charge in [-0.1, -0.05) is 30.5 Å². The molecule has 0 fully saturated rings. The molecule has 0 saturated heterocycles. The van der Waals surface area contributed by atoms with Crippen LogP contribution in [0.2, 0.25) is 0 Å². The van der Waals surface area contributed by atoms with E-state index >= 15 is 0 Å². The molecule has 1 aromatic carbocycles. The van der Waals surface area contributed by atoms with Crippen LogP contribution in [0, 0.1) is 13.8 Å². The molecule has 23 heavy (non-hydrogen) atoms. The van der Waals surface area contributed by atoms with Gasteiger partial charge in [0.2, 0.25) is 0 Å².